The topological polar surface area (TPSA) is 78.5 Å². The summed E-state index contributed by atoms with van der Waals surface area (Å²) in [6.07, 6.45) is 2.89. The lowest BCUT2D eigenvalue weighted by atomic mass is 9.99. The number of ether oxygens (including phenoxy) is 1. The Balaban J connectivity index is 1.42. The lowest BCUT2D eigenvalue weighted by molar-refractivity contribution is -0.347. The smallest absolute Gasteiger partial charge is 0.368 e. The van der Waals surface area contributed by atoms with Crippen LogP contribution in [0.25, 0.3) is 22.7 Å². The number of aryl methyl sites for hydroxylation is 1. The molecule has 6 nitrogen and oxygen atoms in total. The molecule has 2 heterocycles. The number of rotatable bonds is 7. The Kier molecular flexibility index (Phi) is 5.98. The van der Waals surface area contributed by atoms with E-state index in [1.165, 1.54) is 5.56 Å². The van der Waals surface area contributed by atoms with Gasteiger partial charge in [-0.3, -0.25) is 4.79 Å². The minimum Gasteiger partial charge on any atom is -0.484 e. The number of benzene rings is 2. The molecule has 0 saturated carbocycles. The van der Waals surface area contributed by atoms with Crippen LogP contribution in [0.1, 0.15) is 37.3 Å². The second kappa shape index (κ2) is 9.00. The number of nitrogens with one attached hydrogen (secondary N) is 2. The van der Waals surface area contributed by atoms with Gasteiger partial charge in [-0.2, -0.15) is 0 Å². The van der Waals surface area contributed by atoms with Gasteiger partial charge >= 0.3 is 11.5 Å². The first-order valence-electron chi connectivity index (χ1n) is 10.4. The van der Waals surface area contributed by atoms with E-state index in [0.717, 1.165) is 17.5 Å². The summed E-state index contributed by atoms with van der Waals surface area (Å²) in [4.78, 5) is 20.0. The molecule has 0 fully saturated rings. The zero-order valence-electron chi connectivity index (χ0n) is 17.9. The van der Waals surface area contributed by atoms with E-state index in [1.807, 2.05) is 61.5 Å². The van der Waals surface area contributed by atoms with Crippen LogP contribution in [0, 0.1) is 6.92 Å². The Morgan fingerprint density at radius 2 is 2.00 bits per heavy atom. The number of H-pyrrole nitrogens is 1. The van der Waals surface area contributed by atoms with Gasteiger partial charge in [0.2, 0.25) is 5.58 Å². The molecule has 0 radical (unpaired) electrons. The van der Waals surface area contributed by atoms with Crippen LogP contribution in [-0.2, 0) is 4.79 Å². The standard InChI is InChI=1S/C25H25N3O3/c1-4-16(2)18-9-11-20(12-10-18)30-15-23(29)27-21-14-19(8-7-17(21)3)25-28-24-22(31-25)6-5-13-26-24/h5-14,16H,4,15H2,1-3H3,(H,27,29)/p+1. The normalized spacial score (nSPS) is 12.0. The van der Waals surface area contributed by atoms with Crippen molar-refractivity contribution in [1.82, 2.24) is 4.98 Å². The second-order valence-corrected chi connectivity index (χ2v) is 7.65. The zero-order valence-corrected chi connectivity index (χ0v) is 17.9. The molecule has 1 amide bonds. The zero-order chi connectivity index (χ0) is 21.8. The van der Waals surface area contributed by atoms with Crippen molar-refractivity contribution in [1.29, 1.82) is 0 Å². The van der Waals surface area contributed by atoms with E-state index in [2.05, 4.69) is 29.1 Å². The van der Waals surface area contributed by atoms with Gasteiger partial charge in [0, 0.05) is 10.7 Å². The van der Waals surface area contributed by atoms with Gasteiger partial charge in [0.1, 0.15) is 5.75 Å². The van der Waals surface area contributed by atoms with Crippen molar-refractivity contribution in [2.24, 2.45) is 0 Å². The van der Waals surface area contributed by atoms with Crippen LogP contribution < -0.4 is 15.0 Å². The van der Waals surface area contributed by atoms with Crippen molar-refractivity contribution in [2.75, 3.05) is 11.9 Å². The van der Waals surface area contributed by atoms with E-state index in [0.29, 0.717) is 34.5 Å². The first kappa shape index (κ1) is 20.6. The summed E-state index contributed by atoms with van der Waals surface area (Å²) in [5.74, 6) is 1.45. The molecule has 0 saturated heterocycles. The number of amides is 1. The van der Waals surface area contributed by atoms with Gasteiger partial charge in [-0.25, -0.2) is 4.98 Å². The third-order valence-electron chi connectivity index (χ3n) is 5.41. The Morgan fingerprint density at radius 1 is 1.19 bits per heavy atom. The molecule has 6 heteroatoms. The molecule has 0 aliphatic carbocycles. The maximum absolute atomic E-state index is 12.5. The average Bonchev–Trinajstić information content (AvgIpc) is 3.23. The molecule has 0 spiro atoms. The molecule has 2 N–H and O–H groups in total. The van der Waals surface area contributed by atoms with Crippen LogP contribution >= 0.6 is 0 Å². The number of aromatic nitrogens is 2. The third-order valence-corrected chi connectivity index (χ3v) is 5.41. The van der Waals surface area contributed by atoms with Crippen molar-refractivity contribution < 1.29 is 18.9 Å². The van der Waals surface area contributed by atoms with Crippen LogP contribution in [0.2, 0.25) is 0 Å². The lowest BCUT2D eigenvalue weighted by Crippen LogP contribution is -2.20. The minimum absolute atomic E-state index is 0.0653. The number of hydrogen-bond acceptors (Lipinski definition) is 4. The number of carbonyl (C=O) groups is 1. The average molecular weight is 417 g/mol. The quantitative estimate of drug-likeness (QED) is 0.452. The van der Waals surface area contributed by atoms with E-state index < -0.39 is 0 Å². The molecule has 158 valence electrons. The molecule has 2 aromatic heterocycles. The Labute approximate surface area is 181 Å². The molecule has 4 aromatic rings. The number of hydrogen-bond donors (Lipinski definition) is 1. The van der Waals surface area contributed by atoms with Crippen LogP contribution in [0.3, 0.4) is 0 Å². The van der Waals surface area contributed by atoms with E-state index in [-0.39, 0.29) is 12.5 Å². The summed E-state index contributed by atoms with van der Waals surface area (Å²) in [5.41, 5.74) is 5.05. The monoisotopic (exact) mass is 416 g/mol. The van der Waals surface area contributed by atoms with Crippen molar-refractivity contribution in [3.63, 3.8) is 0 Å². The van der Waals surface area contributed by atoms with Crippen molar-refractivity contribution in [3.8, 4) is 17.2 Å². The number of pyridine rings is 1. The summed E-state index contributed by atoms with van der Waals surface area (Å²) in [5, 5.41) is 2.92. The summed E-state index contributed by atoms with van der Waals surface area (Å²) in [7, 11) is 0. The molecular weight excluding hydrogens is 390 g/mol. The molecule has 31 heavy (non-hydrogen) atoms. The second-order valence-electron chi connectivity index (χ2n) is 7.65. The molecule has 1 atom stereocenters. The number of oxazole rings is 1. The van der Waals surface area contributed by atoms with E-state index >= 15 is 0 Å². The molecule has 1 unspecified atom stereocenters. The highest BCUT2D eigenvalue weighted by Crippen LogP contribution is 2.27. The largest absolute Gasteiger partial charge is 0.484 e. The highest BCUT2D eigenvalue weighted by atomic mass is 16.5. The van der Waals surface area contributed by atoms with Gasteiger partial charge in [0.25, 0.3) is 5.91 Å². The summed E-state index contributed by atoms with van der Waals surface area (Å²) in [6, 6.07) is 17.3. The van der Waals surface area contributed by atoms with Gasteiger partial charge in [0.05, 0.1) is 11.8 Å². The van der Waals surface area contributed by atoms with Crippen molar-refractivity contribution in [2.45, 2.75) is 33.1 Å². The molecule has 0 aliphatic heterocycles. The first-order valence-corrected chi connectivity index (χ1v) is 10.4. The lowest BCUT2D eigenvalue weighted by Gasteiger charge is -2.12. The Bertz CT molecular complexity index is 1170. The summed E-state index contributed by atoms with van der Waals surface area (Å²) >= 11 is 0. The maximum Gasteiger partial charge on any atom is 0.368 e. The fraction of sp³-hybridized carbons (Fsp3) is 0.240. The fourth-order valence-corrected chi connectivity index (χ4v) is 3.29. The van der Waals surface area contributed by atoms with Gasteiger partial charge < -0.3 is 14.5 Å². The molecule has 0 bridgehead atoms. The Hall–Kier alpha value is -3.67. The minimum atomic E-state index is -0.225. The molecule has 2 aromatic carbocycles. The number of fused-ring (bicyclic) bond motifs is 1. The van der Waals surface area contributed by atoms with Crippen molar-refractivity contribution >= 4 is 22.8 Å². The van der Waals surface area contributed by atoms with E-state index in [4.69, 9.17) is 9.15 Å². The summed E-state index contributed by atoms with van der Waals surface area (Å²) < 4.78 is 11.5. The van der Waals surface area contributed by atoms with Gasteiger partial charge in [-0.15, -0.1) is 0 Å². The van der Waals surface area contributed by atoms with E-state index in [9.17, 15) is 4.79 Å². The fourth-order valence-electron chi connectivity index (χ4n) is 3.29. The molecule has 4 rings (SSSR count). The molecule has 0 aliphatic rings. The van der Waals surface area contributed by atoms with Crippen LogP contribution in [0.4, 0.5) is 5.69 Å². The van der Waals surface area contributed by atoms with Gasteiger partial charge in [-0.1, -0.05) is 32.0 Å². The predicted molar refractivity (Wildman–Crippen MR) is 120 cm³/mol. The van der Waals surface area contributed by atoms with Crippen LogP contribution in [-0.4, -0.2) is 17.5 Å². The number of aromatic amines is 1. The van der Waals surface area contributed by atoms with Crippen molar-refractivity contribution in [3.05, 3.63) is 71.9 Å². The predicted octanol–water partition coefficient (Wildman–Crippen LogP) is 5.15. The van der Waals surface area contributed by atoms with Gasteiger partial charge in [0.15, 0.2) is 6.61 Å². The number of anilines is 1. The highest BCUT2D eigenvalue weighted by molar-refractivity contribution is 5.93. The number of nitrogens with zero attached hydrogens (tertiary/aromatic N) is 1. The summed E-state index contributed by atoms with van der Waals surface area (Å²) in [6.45, 7) is 6.23. The highest BCUT2D eigenvalue weighted by Gasteiger charge is 2.18. The van der Waals surface area contributed by atoms with Gasteiger partial charge in [-0.05, 0) is 66.8 Å². The van der Waals surface area contributed by atoms with Crippen LogP contribution in [0.15, 0.2) is 65.2 Å². The third kappa shape index (κ3) is 4.74. The SMILES string of the molecule is CCC(C)c1ccc(OCC(=O)Nc2cc(-c3nc4[nH+]cccc4o3)ccc2C)cc1. The Morgan fingerprint density at radius 3 is 2.74 bits per heavy atom. The first-order chi connectivity index (χ1) is 15.0. The maximum atomic E-state index is 12.5. The molecular formula is C25H26N3O3+. The number of carbonyl (C=O) groups excluding carboxylic acids is 1. The van der Waals surface area contributed by atoms with Crippen LogP contribution in [0.5, 0.6) is 5.75 Å². The van der Waals surface area contributed by atoms with E-state index in [1.54, 1.807) is 6.20 Å².